The first-order valence-electron chi connectivity index (χ1n) is 5.26. The highest BCUT2D eigenvalue weighted by Gasteiger charge is 2.06. The lowest BCUT2D eigenvalue weighted by Gasteiger charge is -2.05. The van der Waals surface area contributed by atoms with Crippen LogP contribution in [0.1, 0.15) is 17.0 Å². The summed E-state index contributed by atoms with van der Waals surface area (Å²) in [5.74, 6) is -0.173. The fraction of sp³-hybridized carbons (Fsp3) is 0.250. The molecule has 2 rings (SSSR count). The minimum absolute atomic E-state index is 0.309. The maximum absolute atomic E-state index is 13.0. The first-order valence-corrected chi connectivity index (χ1v) is 5.26. The fourth-order valence-electron chi connectivity index (χ4n) is 1.53. The molecule has 0 radical (unpaired) electrons. The summed E-state index contributed by atoms with van der Waals surface area (Å²) in [6, 6.07) is 6.27. The van der Waals surface area contributed by atoms with Gasteiger partial charge in [-0.1, -0.05) is 17.3 Å². The lowest BCUT2D eigenvalue weighted by atomic mass is 10.2. The van der Waals surface area contributed by atoms with Gasteiger partial charge in [0.15, 0.2) is 11.6 Å². The maximum Gasteiger partial charge on any atom is 0.165 e. The third-order valence-electron chi connectivity index (χ3n) is 2.37. The Hall–Kier alpha value is -1.88. The zero-order chi connectivity index (χ0) is 12.3. The summed E-state index contributed by atoms with van der Waals surface area (Å²) < 4.78 is 17.9. The summed E-state index contributed by atoms with van der Waals surface area (Å²) in [4.78, 5) is 0. The third kappa shape index (κ3) is 2.82. The number of rotatable bonds is 4. The average Bonchev–Trinajstić information content (AvgIpc) is 2.70. The van der Waals surface area contributed by atoms with E-state index in [9.17, 15) is 9.50 Å². The van der Waals surface area contributed by atoms with Crippen LogP contribution in [-0.4, -0.2) is 10.3 Å². The zero-order valence-corrected chi connectivity index (χ0v) is 9.40. The molecular weight excluding hydrogens is 223 g/mol. The predicted molar refractivity (Wildman–Crippen MR) is 59.8 cm³/mol. The second kappa shape index (κ2) is 4.97. The number of para-hydroxylation sites is 1. The molecule has 5 heteroatoms. The lowest BCUT2D eigenvalue weighted by Crippen LogP contribution is -2.13. The minimum Gasteiger partial charge on any atom is -0.505 e. The molecule has 1 aromatic heterocycles. The first-order chi connectivity index (χ1) is 8.16. The van der Waals surface area contributed by atoms with E-state index in [4.69, 9.17) is 4.52 Å². The van der Waals surface area contributed by atoms with Crippen LogP contribution in [0.25, 0.3) is 0 Å². The van der Waals surface area contributed by atoms with Gasteiger partial charge in [-0.25, -0.2) is 4.39 Å². The molecule has 0 atom stereocenters. The molecule has 0 saturated heterocycles. The van der Waals surface area contributed by atoms with Gasteiger partial charge in [0.1, 0.15) is 5.76 Å². The van der Waals surface area contributed by atoms with Crippen LogP contribution in [0.15, 0.2) is 28.8 Å². The molecule has 0 bridgehead atoms. The van der Waals surface area contributed by atoms with Crippen molar-refractivity contribution in [3.8, 4) is 5.75 Å². The average molecular weight is 236 g/mol. The molecule has 1 heterocycles. The van der Waals surface area contributed by atoms with Crippen LogP contribution in [-0.2, 0) is 13.1 Å². The van der Waals surface area contributed by atoms with Crippen molar-refractivity contribution in [3.05, 3.63) is 47.1 Å². The van der Waals surface area contributed by atoms with Gasteiger partial charge in [-0.15, -0.1) is 0 Å². The molecule has 90 valence electrons. The van der Waals surface area contributed by atoms with Gasteiger partial charge >= 0.3 is 0 Å². The molecule has 0 amide bonds. The highest BCUT2D eigenvalue weighted by molar-refractivity contribution is 5.33. The SMILES string of the molecule is Cc1cc(CNCc2cccc(F)c2O)no1. The quantitative estimate of drug-likeness (QED) is 0.853. The van der Waals surface area contributed by atoms with Crippen molar-refractivity contribution in [2.45, 2.75) is 20.0 Å². The molecule has 1 aromatic carbocycles. The van der Waals surface area contributed by atoms with Gasteiger partial charge in [0.2, 0.25) is 0 Å². The first kappa shape index (κ1) is 11.6. The minimum atomic E-state index is -0.610. The van der Waals surface area contributed by atoms with Crippen LogP contribution in [0, 0.1) is 12.7 Å². The van der Waals surface area contributed by atoms with E-state index in [1.807, 2.05) is 13.0 Å². The smallest absolute Gasteiger partial charge is 0.165 e. The fourth-order valence-corrected chi connectivity index (χ4v) is 1.53. The number of nitrogens with one attached hydrogen (secondary N) is 1. The second-order valence-electron chi connectivity index (χ2n) is 3.78. The van der Waals surface area contributed by atoms with Crippen molar-refractivity contribution in [1.29, 1.82) is 0 Å². The Morgan fingerprint density at radius 3 is 2.94 bits per heavy atom. The van der Waals surface area contributed by atoms with Crippen LogP contribution in [0.3, 0.4) is 0 Å². The Labute approximate surface area is 98.1 Å². The number of aryl methyl sites for hydroxylation is 1. The number of hydrogen-bond donors (Lipinski definition) is 2. The van der Waals surface area contributed by atoms with Crippen molar-refractivity contribution >= 4 is 0 Å². The molecule has 0 fully saturated rings. The number of phenols is 1. The van der Waals surface area contributed by atoms with Crippen molar-refractivity contribution in [3.63, 3.8) is 0 Å². The summed E-state index contributed by atoms with van der Waals surface area (Å²) in [6.07, 6.45) is 0. The van der Waals surface area contributed by atoms with E-state index in [0.29, 0.717) is 18.7 Å². The number of nitrogens with zero attached hydrogens (tertiary/aromatic N) is 1. The summed E-state index contributed by atoms with van der Waals surface area (Å²) in [5.41, 5.74) is 1.30. The Bertz CT molecular complexity index is 511. The number of aromatic nitrogens is 1. The Morgan fingerprint density at radius 1 is 1.41 bits per heavy atom. The topological polar surface area (TPSA) is 58.3 Å². The van der Waals surface area contributed by atoms with E-state index in [0.717, 1.165) is 11.5 Å². The molecule has 0 aliphatic rings. The number of phenolic OH excluding ortho intramolecular Hbond substituents is 1. The van der Waals surface area contributed by atoms with Crippen LogP contribution in [0.5, 0.6) is 5.75 Å². The van der Waals surface area contributed by atoms with E-state index in [1.54, 1.807) is 12.1 Å². The summed E-state index contributed by atoms with van der Waals surface area (Å²) in [5, 5.41) is 16.3. The molecule has 17 heavy (non-hydrogen) atoms. The molecule has 0 saturated carbocycles. The normalized spacial score (nSPS) is 10.7. The second-order valence-corrected chi connectivity index (χ2v) is 3.78. The number of aromatic hydroxyl groups is 1. The van der Waals surface area contributed by atoms with Gasteiger partial charge < -0.3 is 14.9 Å². The van der Waals surface area contributed by atoms with Gasteiger partial charge in [0.05, 0.1) is 5.69 Å². The van der Waals surface area contributed by atoms with E-state index >= 15 is 0 Å². The van der Waals surface area contributed by atoms with Crippen LogP contribution in [0.4, 0.5) is 4.39 Å². The van der Waals surface area contributed by atoms with E-state index in [1.165, 1.54) is 6.07 Å². The summed E-state index contributed by atoms with van der Waals surface area (Å²) in [7, 11) is 0. The lowest BCUT2D eigenvalue weighted by molar-refractivity contribution is 0.387. The van der Waals surface area contributed by atoms with Crippen LogP contribution >= 0.6 is 0 Å². The van der Waals surface area contributed by atoms with Crippen LogP contribution < -0.4 is 5.32 Å². The van der Waals surface area contributed by atoms with Crippen LogP contribution in [0.2, 0.25) is 0 Å². The highest BCUT2D eigenvalue weighted by atomic mass is 19.1. The largest absolute Gasteiger partial charge is 0.505 e. The summed E-state index contributed by atoms with van der Waals surface area (Å²) >= 11 is 0. The molecule has 0 aliphatic carbocycles. The van der Waals surface area contributed by atoms with E-state index in [2.05, 4.69) is 10.5 Å². The van der Waals surface area contributed by atoms with Gasteiger partial charge in [-0.2, -0.15) is 0 Å². The standard InChI is InChI=1S/C12H13FN2O2/c1-8-5-10(15-17-8)7-14-6-9-3-2-4-11(13)12(9)16/h2-5,14,16H,6-7H2,1H3. The molecule has 0 aliphatic heterocycles. The van der Waals surface area contributed by atoms with Gasteiger partial charge in [0, 0.05) is 24.7 Å². The number of hydrogen-bond acceptors (Lipinski definition) is 4. The Balaban J connectivity index is 1.92. The molecule has 4 nitrogen and oxygen atoms in total. The number of halogens is 1. The molecule has 2 N–H and O–H groups in total. The van der Waals surface area contributed by atoms with Crippen molar-refractivity contribution in [2.75, 3.05) is 0 Å². The van der Waals surface area contributed by atoms with Crippen molar-refractivity contribution in [2.24, 2.45) is 0 Å². The van der Waals surface area contributed by atoms with E-state index in [-0.39, 0.29) is 5.75 Å². The summed E-state index contributed by atoms with van der Waals surface area (Å²) in [6.45, 7) is 2.69. The molecule has 0 unspecified atom stereocenters. The molecule has 0 spiro atoms. The van der Waals surface area contributed by atoms with Gasteiger partial charge in [-0.05, 0) is 13.0 Å². The van der Waals surface area contributed by atoms with Gasteiger partial charge in [0.25, 0.3) is 0 Å². The number of benzene rings is 1. The predicted octanol–water partition coefficient (Wildman–Crippen LogP) is 2.12. The van der Waals surface area contributed by atoms with Crippen molar-refractivity contribution < 1.29 is 14.0 Å². The third-order valence-corrected chi connectivity index (χ3v) is 2.37. The zero-order valence-electron chi connectivity index (χ0n) is 9.40. The Kier molecular flexibility index (Phi) is 3.39. The highest BCUT2D eigenvalue weighted by Crippen LogP contribution is 2.20. The molecule has 2 aromatic rings. The van der Waals surface area contributed by atoms with E-state index < -0.39 is 5.82 Å². The Morgan fingerprint density at radius 2 is 2.24 bits per heavy atom. The van der Waals surface area contributed by atoms with Gasteiger partial charge in [-0.3, -0.25) is 0 Å². The monoisotopic (exact) mass is 236 g/mol. The maximum atomic E-state index is 13.0. The van der Waals surface area contributed by atoms with Crippen molar-refractivity contribution in [1.82, 2.24) is 10.5 Å². The molecular formula is C12H13FN2O2.